The first-order valence-corrected chi connectivity index (χ1v) is 9.44. The Balaban J connectivity index is 1.90. The molecule has 0 N–H and O–H groups in total. The van der Waals surface area contributed by atoms with Crippen molar-refractivity contribution in [3.63, 3.8) is 0 Å². The Labute approximate surface area is 144 Å². The minimum atomic E-state index is -3.54. The second-order valence-electron chi connectivity index (χ2n) is 6.03. The number of nitrogens with zero attached hydrogens (tertiary/aromatic N) is 1. The highest BCUT2D eigenvalue weighted by atomic mass is 32.2. The first-order chi connectivity index (χ1) is 11.5. The van der Waals surface area contributed by atoms with E-state index in [4.69, 9.17) is 0 Å². The van der Waals surface area contributed by atoms with Gasteiger partial charge in [-0.25, -0.2) is 8.42 Å². The second kappa shape index (κ2) is 6.75. The number of sulfonamides is 1. The highest BCUT2D eigenvalue weighted by Crippen LogP contribution is 2.27. The van der Waals surface area contributed by atoms with E-state index in [1.165, 1.54) is 0 Å². The van der Waals surface area contributed by atoms with Gasteiger partial charge in [-0.15, -0.1) is 0 Å². The van der Waals surface area contributed by atoms with Crippen LogP contribution in [0, 0.1) is 6.92 Å². The van der Waals surface area contributed by atoms with Gasteiger partial charge < -0.3 is 0 Å². The highest BCUT2D eigenvalue weighted by molar-refractivity contribution is 7.89. The van der Waals surface area contributed by atoms with E-state index in [0.717, 1.165) is 11.1 Å². The normalized spacial score (nSPS) is 21.6. The van der Waals surface area contributed by atoms with Crippen LogP contribution in [0.3, 0.4) is 0 Å². The Bertz CT molecular complexity index is 852. The summed E-state index contributed by atoms with van der Waals surface area (Å²) in [5.74, 6) is 0. The van der Waals surface area contributed by atoms with Crippen LogP contribution in [-0.2, 0) is 10.0 Å². The quantitative estimate of drug-likeness (QED) is 0.789. The Kier molecular flexibility index (Phi) is 4.69. The topological polar surface area (TPSA) is 37.4 Å². The van der Waals surface area contributed by atoms with Crippen molar-refractivity contribution in [2.45, 2.75) is 30.8 Å². The summed E-state index contributed by atoms with van der Waals surface area (Å²) in [6, 6.07) is 16.5. The van der Waals surface area contributed by atoms with E-state index in [1.807, 2.05) is 80.6 Å². The van der Waals surface area contributed by atoms with E-state index in [0.29, 0.717) is 4.90 Å². The average molecular weight is 339 g/mol. The van der Waals surface area contributed by atoms with Gasteiger partial charge in [-0.1, -0.05) is 72.3 Å². The molecular weight excluding hydrogens is 318 g/mol. The molecule has 0 bridgehead atoms. The molecule has 1 aliphatic rings. The third-order valence-corrected chi connectivity index (χ3v) is 6.16. The molecule has 2 atom stereocenters. The number of benzene rings is 2. The zero-order valence-corrected chi connectivity index (χ0v) is 14.6. The summed E-state index contributed by atoms with van der Waals surface area (Å²) in [4.78, 5) is 0.335. The largest absolute Gasteiger partial charge is 0.244 e. The Morgan fingerprint density at radius 1 is 0.958 bits per heavy atom. The number of hydrogen-bond donors (Lipinski definition) is 0. The van der Waals surface area contributed by atoms with Gasteiger partial charge in [-0.2, -0.15) is 4.31 Å². The van der Waals surface area contributed by atoms with Crippen LogP contribution in [0.4, 0.5) is 0 Å². The molecule has 3 nitrogen and oxygen atoms in total. The maximum atomic E-state index is 13.0. The SMILES string of the molecule is Cc1ccc(S(=O)(=O)N2[C@H](C)C=C[C@H]2/C=C/c2ccccc2)cc1. The van der Waals surface area contributed by atoms with E-state index in [1.54, 1.807) is 16.4 Å². The van der Waals surface area contributed by atoms with Crippen LogP contribution in [0.2, 0.25) is 0 Å². The number of rotatable bonds is 4. The van der Waals surface area contributed by atoms with Crippen molar-refractivity contribution in [2.24, 2.45) is 0 Å². The van der Waals surface area contributed by atoms with Gasteiger partial charge in [0.15, 0.2) is 0 Å². The molecule has 124 valence electrons. The molecule has 0 aromatic heterocycles. The second-order valence-corrected chi connectivity index (χ2v) is 7.88. The fourth-order valence-corrected chi connectivity index (χ4v) is 4.54. The standard InChI is InChI=1S/C20H21NO2S/c1-16-8-14-20(15-9-16)24(22,23)21-17(2)10-12-19(21)13-11-18-6-4-3-5-7-18/h3-15,17,19H,1-2H3/b13-11+/t17-,19+/m1/s1. The van der Waals surface area contributed by atoms with Crippen molar-refractivity contribution in [3.05, 3.63) is 84.0 Å². The highest BCUT2D eigenvalue weighted by Gasteiger charge is 2.35. The lowest BCUT2D eigenvalue weighted by Crippen LogP contribution is -2.39. The van der Waals surface area contributed by atoms with Crippen molar-refractivity contribution >= 4 is 16.1 Å². The molecule has 0 fully saturated rings. The maximum Gasteiger partial charge on any atom is 0.244 e. The Hall–Kier alpha value is -2.17. The van der Waals surface area contributed by atoms with Gasteiger partial charge in [0.2, 0.25) is 10.0 Å². The van der Waals surface area contributed by atoms with E-state index in [-0.39, 0.29) is 12.1 Å². The molecule has 0 saturated heterocycles. The minimum absolute atomic E-state index is 0.165. The van der Waals surface area contributed by atoms with Gasteiger partial charge in [0.25, 0.3) is 0 Å². The van der Waals surface area contributed by atoms with Crippen LogP contribution in [0.25, 0.3) is 6.08 Å². The molecule has 0 aliphatic carbocycles. The van der Waals surface area contributed by atoms with E-state index in [9.17, 15) is 8.42 Å². The molecule has 1 aliphatic heterocycles. The van der Waals surface area contributed by atoms with Crippen molar-refractivity contribution in [3.8, 4) is 0 Å². The van der Waals surface area contributed by atoms with Crippen LogP contribution in [0.1, 0.15) is 18.1 Å². The Morgan fingerprint density at radius 2 is 1.62 bits per heavy atom. The molecule has 0 amide bonds. The minimum Gasteiger partial charge on any atom is -0.207 e. The molecule has 0 radical (unpaired) electrons. The van der Waals surface area contributed by atoms with Crippen LogP contribution in [0.5, 0.6) is 0 Å². The predicted molar refractivity (Wildman–Crippen MR) is 98.1 cm³/mol. The molecule has 24 heavy (non-hydrogen) atoms. The summed E-state index contributed by atoms with van der Waals surface area (Å²) in [5.41, 5.74) is 2.10. The molecule has 4 heteroatoms. The third kappa shape index (κ3) is 3.35. The fourth-order valence-electron chi connectivity index (χ4n) is 2.85. The molecular formula is C20H21NO2S. The molecule has 0 spiro atoms. The van der Waals surface area contributed by atoms with Gasteiger partial charge in [0.1, 0.15) is 0 Å². The molecule has 1 heterocycles. The number of hydrogen-bond acceptors (Lipinski definition) is 2. The van der Waals surface area contributed by atoms with Crippen LogP contribution in [0.15, 0.2) is 77.7 Å². The fraction of sp³-hybridized carbons (Fsp3) is 0.200. The molecule has 0 unspecified atom stereocenters. The van der Waals surface area contributed by atoms with Gasteiger partial charge in [0.05, 0.1) is 10.9 Å². The summed E-state index contributed by atoms with van der Waals surface area (Å²) in [6.45, 7) is 3.85. The van der Waals surface area contributed by atoms with Gasteiger partial charge in [0, 0.05) is 6.04 Å². The summed E-state index contributed by atoms with van der Waals surface area (Å²) in [6.07, 6.45) is 7.77. The monoisotopic (exact) mass is 339 g/mol. The zero-order chi connectivity index (χ0) is 17.2. The van der Waals surface area contributed by atoms with Crippen molar-refractivity contribution < 1.29 is 8.42 Å². The lowest BCUT2D eigenvalue weighted by Gasteiger charge is -2.26. The van der Waals surface area contributed by atoms with Crippen LogP contribution >= 0.6 is 0 Å². The molecule has 0 saturated carbocycles. The van der Waals surface area contributed by atoms with E-state index in [2.05, 4.69) is 0 Å². The Morgan fingerprint density at radius 3 is 2.29 bits per heavy atom. The van der Waals surface area contributed by atoms with Gasteiger partial charge in [-0.05, 0) is 31.5 Å². The lowest BCUT2D eigenvalue weighted by atomic mass is 10.2. The van der Waals surface area contributed by atoms with E-state index >= 15 is 0 Å². The van der Waals surface area contributed by atoms with Crippen molar-refractivity contribution in [1.29, 1.82) is 0 Å². The molecule has 3 rings (SSSR count). The van der Waals surface area contributed by atoms with E-state index < -0.39 is 10.0 Å². The predicted octanol–water partition coefficient (Wildman–Crippen LogP) is 4.03. The van der Waals surface area contributed by atoms with Gasteiger partial charge in [-0.3, -0.25) is 0 Å². The van der Waals surface area contributed by atoms with Crippen molar-refractivity contribution in [1.82, 2.24) is 4.31 Å². The summed E-state index contributed by atoms with van der Waals surface area (Å²) in [7, 11) is -3.54. The first-order valence-electron chi connectivity index (χ1n) is 8.00. The first kappa shape index (κ1) is 16.7. The summed E-state index contributed by atoms with van der Waals surface area (Å²) < 4.78 is 27.6. The smallest absolute Gasteiger partial charge is 0.207 e. The van der Waals surface area contributed by atoms with Gasteiger partial charge >= 0.3 is 0 Å². The van der Waals surface area contributed by atoms with Crippen molar-refractivity contribution in [2.75, 3.05) is 0 Å². The third-order valence-electron chi connectivity index (χ3n) is 4.16. The average Bonchev–Trinajstić information content (AvgIpc) is 2.96. The summed E-state index contributed by atoms with van der Waals surface area (Å²) >= 11 is 0. The molecule has 2 aromatic rings. The zero-order valence-electron chi connectivity index (χ0n) is 13.8. The van der Waals surface area contributed by atoms with Crippen LogP contribution in [-0.4, -0.2) is 24.8 Å². The summed E-state index contributed by atoms with van der Waals surface area (Å²) in [5, 5.41) is 0. The van der Waals surface area contributed by atoms with Crippen LogP contribution < -0.4 is 0 Å². The maximum absolute atomic E-state index is 13.0. The number of aryl methyl sites for hydroxylation is 1. The molecule has 2 aromatic carbocycles. The lowest BCUT2D eigenvalue weighted by molar-refractivity contribution is 0.388.